The molecule has 2 aromatic rings. The normalized spacial score (nSPS) is 14.2. The largest absolute Gasteiger partial charge is 0.476 e. The maximum Gasteiger partial charge on any atom is 0.245 e. The van der Waals surface area contributed by atoms with Gasteiger partial charge in [0, 0.05) is 0 Å². The van der Waals surface area contributed by atoms with Crippen LogP contribution in [0.4, 0.5) is 11.5 Å². The van der Waals surface area contributed by atoms with Crippen LogP contribution in [0.15, 0.2) is 16.7 Å². The summed E-state index contributed by atoms with van der Waals surface area (Å²) in [6.45, 7) is 2.88. The molecule has 1 fully saturated rings. The Labute approximate surface area is 116 Å². The summed E-state index contributed by atoms with van der Waals surface area (Å²) in [6.07, 6.45) is 2.46. The molecule has 2 heterocycles. The number of ether oxygens (including phenoxy) is 1. The number of nitrogens with zero attached hydrogens (tertiary/aromatic N) is 3. The molecule has 20 heavy (non-hydrogen) atoms. The highest BCUT2D eigenvalue weighted by Gasteiger charge is 2.22. The summed E-state index contributed by atoms with van der Waals surface area (Å²) >= 11 is 0. The van der Waals surface area contributed by atoms with Gasteiger partial charge in [-0.3, -0.25) is 0 Å². The van der Waals surface area contributed by atoms with E-state index in [4.69, 9.17) is 15.0 Å². The number of aryl methyl sites for hydroxylation is 1. The number of hydrogen-bond acceptors (Lipinski definition) is 7. The minimum Gasteiger partial charge on any atom is -0.476 e. The van der Waals surface area contributed by atoms with Crippen LogP contribution >= 0.6 is 0 Å². The van der Waals surface area contributed by atoms with Crippen molar-refractivity contribution in [2.24, 2.45) is 5.92 Å². The van der Waals surface area contributed by atoms with Crippen molar-refractivity contribution >= 4 is 11.5 Å². The Morgan fingerprint density at radius 2 is 2.25 bits per heavy atom. The van der Waals surface area contributed by atoms with Crippen LogP contribution in [-0.4, -0.2) is 21.7 Å². The van der Waals surface area contributed by atoms with Crippen LogP contribution in [-0.2, 0) is 6.54 Å². The first kappa shape index (κ1) is 12.7. The van der Waals surface area contributed by atoms with Gasteiger partial charge < -0.3 is 20.3 Å². The van der Waals surface area contributed by atoms with Crippen LogP contribution in [0.2, 0.25) is 0 Å². The lowest BCUT2D eigenvalue weighted by molar-refractivity contribution is 0.290. The third kappa shape index (κ3) is 3.17. The van der Waals surface area contributed by atoms with Gasteiger partial charge in [-0.15, -0.1) is 0 Å². The molecule has 1 aliphatic rings. The topological polar surface area (TPSA) is 99.1 Å². The number of nitrogens with two attached hydrogens (primary N) is 1. The Balaban J connectivity index is 1.61. The monoisotopic (exact) mass is 275 g/mol. The lowest BCUT2D eigenvalue weighted by Gasteiger charge is -2.09. The summed E-state index contributed by atoms with van der Waals surface area (Å²) in [4.78, 5) is 8.46. The number of aromatic nitrogens is 3. The molecule has 2 aromatic heterocycles. The lowest BCUT2D eigenvalue weighted by atomic mass is 10.4. The maximum absolute atomic E-state index is 5.85. The van der Waals surface area contributed by atoms with E-state index in [0.29, 0.717) is 48.2 Å². The van der Waals surface area contributed by atoms with Crippen molar-refractivity contribution in [3.8, 4) is 5.88 Å². The second kappa shape index (κ2) is 5.36. The molecular formula is C13H17N5O2. The molecule has 106 valence electrons. The first-order chi connectivity index (χ1) is 9.70. The van der Waals surface area contributed by atoms with Gasteiger partial charge in [-0.2, -0.15) is 9.97 Å². The van der Waals surface area contributed by atoms with Crippen LogP contribution < -0.4 is 15.8 Å². The third-order valence-corrected chi connectivity index (χ3v) is 3.03. The van der Waals surface area contributed by atoms with E-state index in [9.17, 15) is 0 Å². The second-order valence-electron chi connectivity index (χ2n) is 4.93. The molecule has 0 atom stereocenters. The van der Waals surface area contributed by atoms with Crippen LogP contribution in [0.5, 0.6) is 5.88 Å². The Morgan fingerprint density at radius 1 is 1.40 bits per heavy atom. The fourth-order valence-corrected chi connectivity index (χ4v) is 1.72. The molecule has 0 unspecified atom stereocenters. The SMILES string of the molecule is Cc1noc(CNc2ccc(N)c(OCC3CC3)n2)n1. The molecule has 0 amide bonds. The minimum atomic E-state index is 0.416. The van der Waals surface area contributed by atoms with Gasteiger partial charge in [0.15, 0.2) is 5.82 Å². The van der Waals surface area contributed by atoms with Gasteiger partial charge in [0.1, 0.15) is 5.82 Å². The summed E-state index contributed by atoms with van der Waals surface area (Å²) in [5.74, 6) is 2.93. The molecule has 0 bridgehead atoms. The highest BCUT2D eigenvalue weighted by Crippen LogP contribution is 2.30. The molecule has 7 nitrogen and oxygen atoms in total. The molecule has 0 radical (unpaired) electrons. The molecule has 0 aliphatic heterocycles. The third-order valence-electron chi connectivity index (χ3n) is 3.03. The number of hydrogen-bond donors (Lipinski definition) is 2. The number of nitrogen functional groups attached to an aromatic ring is 1. The van der Waals surface area contributed by atoms with Gasteiger partial charge in [0.05, 0.1) is 18.8 Å². The minimum absolute atomic E-state index is 0.416. The van der Waals surface area contributed by atoms with Crippen molar-refractivity contribution in [3.63, 3.8) is 0 Å². The Kier molecular flexibility index (Phi) is 3.41. The van der Waals surface area contributed by atoms with Gasteiger partial charge in [-0.05, 0) is 37.8 Å². The van der Waals surface area contributed by atoms with Crippen LogP contribution in [0.1, 0.15) is 24.6 Å². The van der Waals surface area contributed by atoms with Crippen molar-refractivity contribution in [1.29, 1.82) is 0 Å². The zero-order valence-corrected chi connectivity index (χ0v) is 11.3. The lowest BCUT2D eigenvalue weighted by Crippen LogP contribution is -2.07. The number of rotatable bonds is 6. The van der Waals surface area contributed by atoms with E-state index in [-0.39, 0.29) is 0 Å². The summed E-state index contributed by atoms with van der Waals surface area (Å²) in [5, 5.41) is 6.83. The van der Waals surface area contributed by atoms with E-state index in [1.807, 2.05) is 0 Å². The van der Waals surface area contributed by atoms with Crippen molar-refractivity contribution in [2.45, 2.75) is 26.3 Å². The highest BCUT2D eigenvalue weighted by molar-refractivity contribution is 5.53. The molecule has 1 aliphatic carbocycles. The average molecular weight is 275 g/mol. The fraction of sp³-hybridized carbons (Fsp3) is 0.462. The smallest absolute Gasteiger partial charge is 0.245 e. The van der Waals surface area contributed by atoms with Crippen LogP contribution in [0.25, 0.3) is 0 Å². The first-order valence-electron chi connectivity index (χ1n) is 6.63. The summed E-state index contributed by atoms with van der Waals surface area (Å²) in [6, 6.07) is 3.57. The second-order valence-corrected chi connectivity index (χ2v) is 4.93. The molecule has 0 aromatic carbocycles. The predicted octanol–water partition coefficient (Wildman–Crippen LogP) is 1.76. The molecule has 0 saturated heterocycles. The van der Waals surface area contributed by atoms with Crippen molar-refractivity contribution in [3.05, 3.63) is 23.8 Å². The van der Waals surface area contributed by atoms with Crippen molar-refractivity contribution in [1.82, 2.24) is 15.1 Å². The molecule has 3 rings (SSSR count). The Bertz CT molecular complexity index is 594. The standard InChI is InChI=1S/C13H17N5O2/c1-8-16-12(20-18-8)6-15-11-5-4-10(14)13(17-11)19-7-9-2-3-9/h4-5,9H,2-3,6-7,14H2,1H3,(H,15,17). The van der Waals surface area contributed by atoms with Gasteiger partial charge in [0.2, 0.25) is 11.8 Å². The van der Waals surface area contributed by atoms with E-state index in [0.717, 1.165) is 0 Å². The van der Waals surface area contributed by atoms with Gasteiger partial charge in [-0.25, -0.2) is 0 Å². The Hall–Kier alpha value is -2.31. The van der Waals surface area contributed by atoms with E-state index < -0.39 is 0 Å². The van der Waals surface area contributed by atoms with Crippen molar-refractivity contribution in [2.75, 3.05) is 17.7 Å². The van der Waals surface area contributed by atoms with Crippen molar-refractivity contribution < 1.29 is 9.26 Å². The van der Waals surface area contributed by atoms with E-state index in [2.05, 4.69) is 20.4 Å². The van der Waals surface area contributed by atoms with E-state index >= 15 is 0 Å². The summed E-state index contributed by atoms with van der Waals surface area (Å²) < 4.78 is 10.6. The van der Waals surface area contributed by atoms with Gasteiger partial charge >= 0.3 is 0 Å². The number of nitrogens with one attached hydrogen (secondary N) is 1. The maximum atomic E-state index is 5.85. The summed E-state index contributed by atoms with van der Waals surface area (Å²) in [5.41, 5.74) is 6.40. The highest BCUT2D eigenvalue weighted by atomic mass is 16.5. The first-order valence-corrected chi connectivity index (χ1v) is 6.63. The number of anilines is 2. The van der Waals surface area contributed by atoms with E-state index in [1.54, 1.807) is 19.1 Å². The average Bonchev–Trinajstić information content (AvgIpc) is 3.18. The quantitative estimate of drug-likeness (QED) is 0.828. The molecule has 3 N–H and O–H groups in total. The van der Waals surface area contributed by atoms with Gasteiger partial charge in [-0.1, -0.05) is 5.16 Å². The zero-order chi connectivity index (χ0) is 13.9. The Morgan fingerprint density at radius 3 is 2.95 bits per heavy atom. The molecule has 7 heteroatoms. The summed E-state index contributed by atoms with van der Waals surface area (Å²) in [7, 11) is 0. The predicted molar refractivity (Wildman–Crippen MR) is 73.2 cm³/mol. The number of pyridine rings is 1. The molecule has 0 spiro atoms. The zero-order valence-electron chi connectivity index (χ0n) is 11.3. The van der Waals surface area contributed by atoms with Gasteiger partial charge in [0.25, 0.3) is 0 Å². The molecular weight excluding hydrogens is 258 g/mol. The van der Waals surface area contributed by atoms with Crippen LogP contribution in [0.3, 0.4) is 0 Å². The molecule has 1 saturated carbocycles. The van der Waals surface area contributed by atoms with E-state index in [1.165, 1.54) is 12.8 Å². The van der Waals surface area contributed by atoms with Crippen LogP contribution in [0, 0.1) is 12.8 Å². The fourth-order valence-electron chi connectivity index (χ4n) is 1.72.